The highest BCUT2D eigenvalue weighted by Crippen LogP contribution is 2.42. The first-order valence-electron chi connectivity index (χ1n) is 6.06. The lowest BCUT2D eigenvalue weighted by Crippen LogP contribution is -2.24. The zero-order valence-electron chi connectivity index (χ0n) is 10.4. The molecule has 0 aliphatic heterocycles. The quantitative estimate of drug-likeness (QED) is 0.566. The molecular weight excluding hydrogens is 168 g/mol. The van der Waals surface area contributed by atoms with Crippen molar-refractivity contribution in [3.05, 3.63) is 12.2 Å². The maximum Gasteiger partial charge on any atom is -0.0271 e. The molecule has 0 bridgehead atoms. The Kier molecular flexibility index (Phi) is 3.80. The van der Waals surface area contributed by atoms with Gasteiger partial charge in [0.15, 0.2) is 0 Å². The van der Waals surface area contributed by atoms with E-state index in [0.29, 0.717) is 5.41 Å². The minimum absolute atomic E-state index is 0.511. The Morgan fingerprint density at radius 3 is 2.57 bits per heavy atom. The van der Waals surface area contributed by atoms with Crippen LogP contribution in [0.3, 0.4) is 0 Å². The first-order chi connectivity index (χ1) is 6.39. The second kappa shape index (κ2) is 4.51. The molecule has 0 heterocycles. The van der Waals surface area contributed by atoms with Gasteiger partial charge < -0.3 is 0 Å². The van der Waals surface area contributed by atoms with E-state index >= 15 is 0 Å². The van der Waals surface area contributed by atoms with E-state index in [1.165, 1.54) is 37.7 Å². The van der Waals surface area contributed by atoms with Crippen molar-refractivity contribution in [2.24, 2.45) is 17.3 Å². The molecule has 14 heavy (non-hydrogen) atoms. The average molecular weight is 194 g/mol. The third-order valence-corrected chi connectivity index (χ3v) is 3.30. The fourth-order valence-electron chi connectivity index (χ4n) is 2.86. The third kappa shape index (κ3) is 3.86. The highest BCUT2D eigenvalue weighted by atomic mass is 14.3. The maximum atomic E-state index is 4.19. The fourth-order valence-corrected chi connectivity index (χ4v) is 2.86. The van der Waals surface area contributed by atoms with Crippen LogP contribution < -0.4 is 0 Å². The Morgan fingerprint density at radius 1 is 1.43 bits per heavy atom. The summed E-state index contributed by atoms with van der Waals surface area (Å²) in [6, 6.07) is 0. The zero-order valence-corrected chi connectivity index (χ0v) is 10.4. The molecule has 0 aromatic carbocycles. The molecular formula is C14H26. The molecule has 0 aromatic rings. The number of allylic oxidation sites excluding steroid dienone is 1. The molecule has 0 saturated heterocycles. The standard InChI is InChI=1S/C14H26/c1-11(2)6-7-13-8-12(3)9-14(4,5)10-13/h11,13H,3,6-10H2,1-2,4-5H3. The van der Waals surface area contributed by atoms with Crippen molar-refractivity contribution in [2.45, 2.75) is 59.8 Å². The molecule has 0 amide bonds. The number of hydrogen-bond acceptors (Lipinski definition) is 0. The van der Waals surface area contributed by atoms with Gasteiger partial charge in [-0.1, -0.05) is 46.3 Å². The highest BCUT2D eigenvalue weighted by Gasteiger charge is 2.29. The van der Waals surface area contributed by atoms with Gasteiger partial charge in [-0.2, -0.15) is 0 Å². The van der Waals surface area contributed by atoms with E-state index in [1.807, 2.05) is 0 Å². The van der Waals surface area contributed by atoms with Crippen molar-refractivity contribution in [1.82, 2.24) is 0 Å². The monoisotopic (exact) mass is 194 g/mol. The van der Waals surface area contributed by atoms with Crippen LogP contribution in [0.5, 0.6) is 0 Å². The summed E-state index contributed by atoms with van der Waals surface area (Å²) in [5.41, 5.74) is 1.99. The number of hydrogen-bond donors (Lipinski definition) is 0. The molecule has 0 nitrogen and oxygen atoms in total. The van der Waals surface area contributed by atoms with E-state index in [1.54, 1.807) is 0 Å². The molecule has 0 aromatic heterocycles. The molecule has 1 aliphatic rings. The van der Waals surface area contributed by atoms with Crippen LogP contribution in [0.4, 0.5) is 0 Å². The molecule has 0 spiro atoms. The SMILES string of the molecule is C=C1CC(CCC(C)C)CC(C)(C)C1. The summed E-state index contributed by atoms with van der Waals surface area (Å²) in [6.07, 6.45) is 6.72. The topological polar surface area (TPSA) is 0 Å². The Bertz CT molecular complexity index is 198. The van der Waals surface area contributed by atoms with Gasteiger partial charge in [-0.3, -0.25) is 0 Å². The summed E-state index contributed by atoms with van der Waals surface area (Å²) >= 11 is 0. The van der Waals surface area contributed by atoms with Gasteiger partial charge in [0.05, 0.1) is 0 Å². The summed E-state index contributed by atoms with van der Waals surface area (Å²) < 4.78 is 0. The van der Waals surface area contributed by atoms with Gasteiger partial charge >= 0.3 is 0 Å². The molecule has 0 N–H and O–H groups in total. The van der Waals surface area contributed by atoms with Gasteiger partial charge in [0.25, 0.3) is 0 Å². The lowest BCUT2D eigenvalue weighted by Gasteiger charge is -2.37. The van der Waals surface area contributed by atoms with Crippen molar-refractivity contribution in [1.29, 1.82) is 0 Å². The van der Waals surface area contributed by atoms with E-state index in [9.17, 15) is 0 Å². The van der Waals surface area contributed by atoms with Crippen molar-refractivity contribution < 1.29 is 0 Å². The highest BCUT2D eigenvalue weighted by molar-refractivity contribution is 5.04. The lowest BCUT2D eigenvalue weighted by atomic mass is 9.69. The van der Waals surface area contributed by atoms with Gasteiger partial charge in [-0.15, -0.1) is 0 Å². The van der Waals surface area contributed by atoms with Gasteiger partial charge in [-0.05, 0) is 42.9 Å². The van der Waals surface area contributed by atoms with Gasteiger partial charge in [0, 0.05) is 0 Å². The first kappa shape index (κ1) is 11.8. The smallest absolute Gasteiger partial charge is 0.0271 e. The van der Waals surface area contributed by atoms with Crippen LogP contribution >= 0.6 is 0 Å². The summed E-state index contributed by atoms with van der Waals surface area (Å²) in [4.78, 5) is 0. The minimum atomic E-state index is 0.511. The van der Waals surface area contributed by atoms with Crippen LogP contribution in [0, 0.1) is 17.3 Å². The predicted molar refractivity (Wildman–Crippen MR) is 64.3 cm³/mol. The van der Waals surface area contributed by atoms with Gasteiger partial charge in [0.2, 0.25) is 0 Å². The van der Waals surface area contributed by atoms with Crippen molar-refractivity contribution in [2.75, 3.05) is 0 Å². The van der Waals surface area contributed by atoms with E-state index in [0.717, 1.165) is 11.8 Å². The van der Waals surface area contributed by atoms with Crippen LogP contribution in [0.1, 0.15) is 59.8 Å². The molecule has 0 radical (unpaired) electrons. The second-order valence-corrected chi connectivity index (χ2v) is 6.34. The molecule has 1 saturated carbocycles. The van der Waals surface area contributed by atoms with Crippen LogP contribution in [0.25, 0.3) is 0 Å². The van der Waals surface area contributed by atoms with E-state index < -0.39 is 0 Å². The molecule has 1 aliphatic carbocycles. The summed E-state index contributed by atoms with van der Waals surface area (Å²) in [5, 5.41) is 0. The number of rotatable bonds is 3. The van der Waals surface area contributed by atoms with Crippen LogP contribution in [-0.4, -0.2) is 0 Å². The Hall–Kier alpha value is -0.260. The van der Waals surface area contributed by atoms with Gasteiger partial charge in [-0.25, -0.2) is 0 Å². The lowest BCUT2D eigenvalue weighted by molar-refractivity contribution is 0.208. The Labute approximate surface area is 89.8 Å². The third-order valence-electron chi connectivity index (χ3n) is 3.30. The zero-order chi connectivity index (χ0) is 10.8. The van der Waals surface area contributed by atoms with Crippen LogP contribution in [-0.2, 0) is 0 Å². The molecule has 0 heteroatoms. The molecule has 1 fully saturated rings. The van der Waals surface area contributed by atoms with Crippen LogP contribution in [0.15, 0.2) is 12.2 Å². The van der Waals surface area contributed by atoms with Crippen LogP contribution in [0.2, 0.25) is 0 Å². The first-order valence-corrected chi connectivity index (χ1v) is 6.06. The normalized spacial score (nSPS) is 26.9. The summed E-state index contributed by atoms with van der Waals surface area (Å²) in [5.74, 6) is 1.77. The van der Waals surface area contributed by atoms with Gasteiger partial charge in [0.1, 0.15) is 0 Å². The van der Waals surface area contributed by atoms with E-state index in [-0.39, 0.29) is 0 Å². The maximum absolute atomic E-state index is 4.19. The molecule has 82 valence electrons. The second-order valence-electron chi connectivity index (χ2n) is 6.34. The van der Waals surface area contributed by atoms with E-state index in [2.05, 4.69) is 34.3 Å². The summed E-state index contributed by atoms with van der Waals surface area (Å²) in [6.45, 7) is 13.6. The largest absolute Gasteiger partial charge is 0.0998 e. The van der Waals surface area contributed by atoms with Crippen molar-refractivity contribution in [3.63, 3.8) is 0 Å². The van der Waals surface area contributed by atoms with Crippen molar-refractivity contribution >= 4 is 0 Å². The fraction of sp³-hybridized carbons (Fsp3) is 0.857. The molecule has 1 rings (SSSR count). The van der Waals surface area contributed by atoms with E-state index in [4.69, 9.17) is 0 Å². The Morgan fingerprint density at radius 2 is 2.07 bits per heavy atom. The molecule has 1 unspecified atom stereocenters. The summed E-state index contributed by atoms with van der Waals surface area (Å²) in [7, 11) is 0. The predicted octanol–water partition coefficient (Wildman–Crippen LogP) is 4.81. The molecule has 1 atom stereocenters. The minimum Gasteiger partial charge on any atom is -0.0998 e. The average Bonchev–Trinajstić information content (AvgIpc) is 1.96. The van der Waals surface area contributed by atoms with Crippen molar-refractivity contribution in [3.8, 4) is 0 Å². The Balaban J connectivity index is 2.42.